The van der Waals surface area contributed by atoms with Crippen LogP contribution in [0.5, 0.6) is 0 Å². The van der Waals surface area contributed by atoms with Crippen molar-refractivity contribution >= 4 is 23.2 Å². The molecule has 0 saturated carbocycles. The molecule has 1 heterocycles. The summed E-state index contributed by atoms with van der Waals surface area (Å²) in [4.78, 5) is 27.9. The Morgan fingerprint density at radius 1 is 1.07 bits per heavy atom. The number of carbonyl (C=O) groups excluding carboxylic acids is 2. The molecule has 0 bridgehead atoms. The summed E-state index contributed by atoms with van der Waals surface area (Å²) in [5.41, 5.74) is 4.72. The Bertz CT molecular complexity index is 817. The van der Waals surface area contributed by atoms with E-state index in [0.717, 1.165) is 24.2 Å². The van der Waals surface area contributed by atoms with Crippen molar-refractivity contribution in [3.63, 3.8) is 0 Å². The van der Waals surface area contributed by atoms with E-state index in [4.69, 9.17) is 0 Å². The van der Waals surface area contributed by atoms with Gasteiger partial charge in [-0.15, -0.1) is 0 Å². The van der Waals surface area contributed by atoms with E-state index in [0.29, 0.717) is 6.54 Å². The van der Waals surface area contributed by atoms with Crippen LogP contribution in [0.3, 0.4) is 0 Å². The van der Waals surface area contributed by atoms with Crippen molar-refractivity contribution in [2.75, 3.05) is 44.0 Å². The number of amides is 2. The van der Waals surface area contributed by atoms with E-state index in [1.54, 1.807) is 0 Å². The average Bonchev–Trinajstić information content (AvgIpc) is 3.11. The minimum atomic E-state index is -0.626. The smallest absolute Gasteiger partial charge is 0.309 e. The molecule has 0 aliphatic carbocycles. The number of anilines is 2. The Hall–Kier alpha value is -3.02. The van der Waals surface area contributed by atoms with Crippen molar-refractivity contribution in [2.45, 2.75) is 12.5 Å². The molecule has 1 atom stereocenters. The molecule has 27 heavy (non-hydrogen) atoms. The largest absolute Gasteiger partial charge is 0.378 e. The second-order valence-electron chi connectivity index (χ2n) is 6.86. The summed E-state index contributed by atoms with van der Waals surface area (Å²) < 4.78 is 0. The standard InChI is InChI=1S/C21H26N4O2/c1-22-20(26)21(27)23-14-19(16-8-10-17(11-9-16)24(2)3)25-13-12-15-6-4-5-7-18(15)25/h4-11,19H,12-14H2,1-3H3,(H,22,26)(H,23,27)/t19-/m0/s1. The third-order valence-corrected chi connectivity index (χ3v) is 4.98. The number of hydrogen-bond donors (Lipinski definition) is 2. The van der Waals surface area contributed by atoms with Crippen LogP contribution in [0.1, 0.15) is 17.2 Å². The van der Waals surface area contributed by atoms with E-state index in [2.05, 4.69) is 62.9 Å². The highest BCUT2D eigenvalue weighted by Crippen LogP contribution is 2.35. The van der Waals surface area contributed by atoms with Crippen LogP contribution in [0.25, 0.3) is 0 Å². The molecule has 1 aliphatic heterocycles. The van der Waals surface area contributed by atoms with Crippen LogP contribution in [-0.4, -0.2) is 46.0 Å². The highest BCUT2D eigenvalue weighted by atomic mass is 16.2. The van der Waals surface area contributed by atoms with E-state index >= 15 is 0 Å². The molecule has 3 rings (SSSR count). The Labute approximate surface area is 160 Å². The lowest BCUT2D eigenvalue weighted by atomic mass is 10.0. The van der Waals surface area contributed by atoms with Crippen molar-refractivity contribution in [1.82, 2.24) is 10.6 Å². The fourth-order valence-corrected chi connectivity index (χ4v) is 3.47. The van der Waals surface area contributed by atoms with Crippen LogP contribution in [0, 0.1) is 0 Å². The van der Waals surface area contributed by atoms with Crippen molar-refractivity contribution in [3.8, 4) is 0 Å². The monoisotopic (exact) mass is 366 g/mol. The molecule has 2 aromatic carbocycles. The molecule has 6 heteroatoms. The second-order valence-corrected chi connectivity index (χ2v) is 6.86. The molecule has 142 valence electrons. The first-order chi connectivity index (χ1) is 13.0. The summed E-state index contributed by atoms with van der Waals surface area (Å²) in [6.07, 6.45) is 0.978. The van der Waals surface area contributed by atoms with Gasteiger partial charge in [-0.2, -0.15) is 0 Å². The number of likely N-dealkylation sites (N-methyl/N-ethyl adjacent to an activating group) is 1. The average molecular weight is 366 g/mol. The molecule has 6 nitrogen and oxygen atoms in total. The van der Waals surface area contributed by atoms with Gasteiger partial charge in [0.15, 0.2) is 0 Å². The minimum Gasteiger partial charge on any atom is -0.378 e. The number of nitrogens with zero attached hydrogens (tertiary/aromatic N) is 2. The highest BCUT2D eigenvalue weighted by molar-refractivity contribution is 6.35. The van der Waals surface area contributed by atoms with Crippen LogP contribution >= 0.6 is 0 Å². The van der Waals surface area contributed by atoms with Gasteiger partial charge in [0.2, 0.25) is 0 Å². The van der Waals surface area contributed by atoms with Crippen molar-refractivity contribution in [2.24, 2.45) is 0 Å². The van der Waals surface area contributed by atoms with Crippen molar-refractivity contribution in [3.05, 3.63) is 59.7 Å². The van der Waals surface area contributed by atoms with Crippen molar-refractivity contribution < 1.29 is 9.59 Å². The predicted octanol–water partition coefficient (Wildman–Crippen LogP) is 1.72. The van der Waals surface area contributed by atoms with E-state index in [-0.39, 0.29) is 6.04 Å². The molecule has 0 radical (unpaired) electrons. The third-order valence-electron chi connectivity index (χ3n) is 4.98. The number of para-hydroxylation sites is 1. The number of rotatable bonds is 5. The molecule has 0 spiro atoms. The first kappa shape index (κ1) is 18.8. The number of benzene rings is 2. The Balaban J connectivity index is 1.87. The molecule has 0 aromatic heterocycles. The van der Waals surface area contributed by atoms with Crippen LogP contribution < -0.4 is 20.4 Å². The fraction of sp³-hybridized carbons (Fsp3) is 0.333. The molecule has 0 saturated heterocycles. The maximum atomic E-state index is 12.0. The molecule has 2 aromatic rings. The third kappa shape index (κ3) is 4.05. The van der Waals surface area contributed by atoms with Gasteiger partial charge >= 0.3 is 11.8 Å². The van der Waals surface area contributed by atoms with Gasteiger partial charge in [-0.3, -0.25) is 9.59 Å². The van der Waals surface area contributed by atoms with Crippen LogP contribution in [0.15, 0.2) is 48.5 Å². The highest BCUT2D eigenvalue weighted by Gasteiger charge is 2.28. The van der Waals surface area contributed by atoms with Crippen LogP contribution in [0.2, 0.25) is 0 Å². The van der Waals surface area contributed by atoms with Gasteiger partial charge in [0.25, 0.3) is 0 Å². The van der Waals surface area contributed by atoms with E-state index in [1.807, 2.05) is 20.2 Å². The minimum absolute atomic E-state index is 0.0431. The zero-order valence-electron chi connectivity index (χ0n) is 16.0. The van der Waals surface area contributed by atoms with Gasteiger partial charge in [-0.1, -0.05) is 30.3 Å². The fourth-order valence-electron chi connectivity index (χ4n) is 3.47. The van der Waals surface area contributed by atoms with E-state index < -0.39 is 11.8 Å². The summed E-state index contributed by atoms with van der Waals surface area (Å²) in [5.74, 6) is -1.24. The molecule has 2 amide bonds. The lowest BCUT2D eigenvalue weighted by molar-refractivity contribution is -0.138. The number of nitrogens with one attached hydrogen (secondary N) is 2. The summed E-state index contributed by atoms with van der Waals surface area (Å²) in [5, 5.41) is 5.14. The maximum absolute atomic E-state index is 12.0. The van der Waals surface area contributed by atoms with Gasteiger partial charge in [0.1, 0.15) is 0 Å². The SMILES string of the molecule is CNC(=O)C(=O)NC[C@@H](c1ccc(N(C)C)cc1)N1CCc2ccccc21. The summed E-state index contributed by atoms with van der Waals surface area (Å²) in [6, 6.07) is 16.6. The Morgan fingerprint density at radius 2 is 1.78 bits per heavy atom. The Kier molecular flexibility index (Phi) is 5.64. The van der Waals surface area contributed by atoms with Gasteiger partial charge in [-0.05, 0) is 35.7 Å². The van der Waals surface area contributed by atoms with E-state index in [1.165, 1.54) is 18.3 Å². The predicted molar refractivity (Wildman–Crippen MR) is 108 cm³/mol. The first-order valence-electron chi connectivity index (χ1n) is 9.13. The lowest BCUT2D eigenvalue weighted by Gasteiger charge is -2.31. The quantitative estimate of drug-likeness (QED) is 0.791. The van der Waals surface area contributed by atoms with Crippen LogP contribution in [0.4, 0.5) is 11.4 Å². The number of hydrogen-bond acceptors (Lipinski definition) is 4. The summed E-state index contributed by atoms with van der Waals surface area (Å²) >= 11 is 0. The second kappa shape index (κ2) is 8.12. The van der Waals surface area contributed by atoms with Gasteiger partial charge in [-0.25, -0.2) is 0 Å². The number of carbonyl (C=O) groups is 2. The maximum Gasteiger partial charge on any atom is 0.309 e. The summed E-state index contributed by atoms with van der Waals surface area (Å²) in [7, 11) is 5.47. The zero-order valence-corrected chi connectivity index (χ0v) is 16.0. The van der Waals surface area contributed by atoms with Crippen molar-refractivity contribution in [1.29, 1.82) is 0 Å². The van der Waals surface area contributed by atoms with Crippen LogP contribution in [-0.2, 0) is 16.0 Å². The molecule has 0 unspecified atom stereocenters. The normalized spacial score (nSPS) is 13.7. The molecular weight excluding hydrogens is 340 g/mol. The number of fused-ring (bicyclic) bond motifs is 1. The van der Waals surface area contributed by atoms with Gasteiger partial charge in [0, 0.05) is 45.6 Å². The molecular formula is C21H26N4O2. The topological polar surface area (TPSA) is 64.7 Å². The van der Waals surface area contributed by atoms with E-state index in [9.17, 15) is 9.59 Å². The molecule has 1 aliphatic rings. The zero-order chi connectivity index (χ0) is 19.4. The van der Waals surface area contributed by atoms with Gasteiger partial charge in [0.05, 0.1) is 6.04 Å². The summed E-state index contributed by atoms with van der Waals surface area (Å²) in [6.45, 7) is 1.25. The van der Waals surface area contributed by atoms with Gasteiger partial charge < -0.3 is 20.4 Å². The molecule has 0 fully saturated rings. The Morgan fingerprint density at radius 3 is 2.44 bits per heavy atom. The first-order valence-corrected chi connectivity index (χ1v) is 9.13. The lowest BCUT2D eigenvalue weighted by Crippen LogP contribution is -2.43. The molecule has 2 N–H and O–H groups in total.